The molecule has 1 aliphatic rings. The topological polar surface area (TPSA) is 75.3 Å². The summed E-state index contributed by atoms with van der Waals surface area (Å²) in [6, 6.07) is 17.9. The Morgan fingerprint density at radius 2 is 1.89 bits per heavy atom. The summed E-state index contributed by atoms with van der Waals surface area (Å²) in [7, 11) is -3.64. The molecule has 28 heavy (non-hydrogen) atoms. The monoisotopic (exact) mass is 412 g/mol. The van der Waals surface area contributed by atoms with Crippen molar-refractivity contribution in [3.05, 3.63) is 82.7 Å². The Morgan fingerprint density at radius 1 is 1.04 bits per heavy atom. The van der Waals surface area contributed by atoms with Gasteiger partial charge in [-0.05, 0) is 60.0 Å². The molecule has 2 N–H and O–H groups in total. The van der Waals surface area contributed by atoms with E-state index < -0.39 is 10.0 Å². The number of anilines is 1. The van der Waals surface area contributed by atoms with Gasteiger partial charge < -0.3 is 5.32 Å². The van der Waals surface area contributed by atoms with Crippen molar-refractivity contribution < 1.29 is 13.2 Å². The highest BCUT2D eigenvalue weighted by Crippen LogP contribution is 2.30. The number of carbonyl (C=O) groups excluding carboxylic acids is 1. The summed E-state index contributed by atoms with van der Waals surface area (Å²) in [5.41, 5.74) is 3.23. The fourth-order valence-electron chi connectivity index (χ4n) is 3.49. The van der Waals surface area contributed by atoms with E-state index in [1.54, 1.807) is 41.8 Å². The third-order valence-corrected chi connectivity index (χ3v) is 7.59. The van der Waals surface area contributed by atoms with Gasteiger partial charge in [0.15, 0.2) is 0 Å². The van der Waals surface area contributed by atoms with E-state index in [4.69, 9.17) is 0 Å². The Kier molecular flexibility index (Phi) is 5.19. The molecule has 0 aliphatic heterocycles. The zero-order valence-corrected chi connectivity index (χ0v) is 16.7. The zero-order chi connectivity index (χ0) is 19.6. The summed E-state index contributed by atoms with van der Waals surface area (Å²) in [5, 5.41) is 4.80. The van der Waals surface area contributed by atoms with Gasteiger partial charge >= 0.3 is 0 Å². The predicted octanol–water partition coefficient (Wildman–Crippen LogP) is 4.36. The van der Waals surface area contributed by atoms with Crippen molar-refractivity contribution in [2.45, 2.75) is 29.5 Å². The number of nitrogens with one attached hydrogen (secondary N) is 2. The molecule has 1 aliphatic carbocycles. The van der Waals surface area contributed by atoms with Crippen molar-refractivity contribution in [2.24, 2.45) is 0 Å². The van der Waals surface area contributed by atoms with Gasteiger partial charge in [0.05, 0.1) is 6.04 Å². The second-order valence-electron chi connectivity index (χ2n) is 6.74. The SMILES string of the molecule is O=C(N[C@H]1CCCc2ccccc21)c1cccc(NS(=O)(=O)c2cccs2)c1. The van der Waals surface area contributed by atoms with E-state index >= 15 is 0 Å². The number of aryl methyl sites for hydroxylation is 1. The summed E-state index contributed by atoms with van der Waals surface area (Å²) in [6.45, 7) is 0. The number of thiophene rings is 1. The van der Waals surface area contributed by atoms with E-state index in [-0.39, 0.29) is 16.2 Å². The quantitative estimate of drug-likeness (QED) is 0.654. The average Bonchev–Trinajstić information content (AvgIpc) is 3.24. The molecular formula is C21H20N2O3S2. The minimum Gasteiger partial charge on any atom is -0.345 e. The van der Waals surface area contributed by atoms with Crippen LogP contribution in [0.4, 0.5) is 5.69 Å². The molecule has 144 valence electrons. The fraction of sp³-hybridized carbons (Fsp3) is 0.190. The van der Waals surface area contributed by atoms with Crippen molar-refractivity contribution in [1.29, 1.82) is 0 Å². The van der Waals surface area contributed by atoms with E-state index in [0.29, 0.717) is 11.3 Å². The molecule has 0 radical (unpaired) electrons. The molecular weight excluding hydrogens is 392 g/mol. The molecule has 4 rings (SSSR count). The van der Waals surface area contributed by atoms with Crippen molar-refractivity contribution in [2.75, 3.05) is 4.72 Å². The molecule has 1 atom stereocenters. The molecule has 1 aromatic heterocycles. The minimum atomic E-state index is -3.64. The molecule has 7 heteroatoms. The van der Waals surface area contributed by atoms with Crippen molar-refractivity contribution >= 4 is 33.0 Å². The number of amides is 1. The second-order valence-corrected chi connectivity index (χ2v) is 9.59. The Labute approximate surface area is 168 Å². The molecule has 0 spiro atoms. The van der Waals surface area contributed by atoms with Crippen molar-refractivity contribution in [3.63, 3.8) is 0 Å². The van der Waals surface area contributed by atoms with E-state index in [1.807, 2.05) is 12.1 Å². The van der Waals surface area contributed by atoms with E-state index in [9.17, 15) is 13.2 Å². The number of benzene rings is 2. The lowest BCUT2D eigenvalue weighted by Gasteiger charge is -2.26. The smallest absolute Gasteiger partial charge is 0.271 e. The van der Waals surface area contributed by atoms with Crippen molar-refractivity contribution in [1.82, 2.24) is 5.32 Å². The molecule has 0 unspecified atom stereocenters. The molecule has 3 aromatic rings. The fourth-order valence-corrected chi connectivity index (χ4v) is 5.53. The van der Waals surface area contributed by atoms with Crippen LogP contribution >= 0.6 is 11.3 Å². The van der Waals surface area contributed by atoms with Crippen LogP contribution in [0.1, 0.15) is 40.4 Å². The lowest BCUT2D eigenvalue weighted by molar-refractivity contribution is 0.0933. The van der Waals surface area contributed by atoms with Gasteiger partial charge in [0.25, 0.3) is 15.9 Å². The maximum Gasteiger partial charge on any atom is 0.271 e. The van der Waals surface area contributed by atoms with Gasteiger partial charge in [-0.2, -0.15) is 0 Å². The highest BCUT2D eigenvalue weighted by atomic mass is 32.2. The summed E-state index contributed by atoms with van der Waals surface area (Å²) >= 11 is 1.15. The normalized spacial score (nSPS) is 16.2. The molecule has 5 nitrogen and oxygen atoms in total. The Balaban J connectivity index is 1.51. The third kappa shape index (κ3) is 3.95. The first-order valence-corrected chi connectivity index (χ1v) is 11.4. The van der Waals surface area contributed by atoms with Crippen LogP contribution in [-0.4, -0.2) is 14.3 Å². The van der Waals surface area contributed by atoms with Crippen LogP contribution in [0.15, 0.2) is 70.3 Å². The summed E-state index contributed by atoms with van der Waals surface area (Å²) in [6.07, 6.45) is 2.96. The van der Waals surface area contributed by atoms with E-state index in [2.05, 4.69) is 22.2 Å². The van der Waals surface area contributed by atoms with Crippen LogP contribution in [-0.2, 0) is 16.4 Å². The van der Waals surface area contributed by atoms with Crippen molar-refractivity contribution in [3.8, 4) is 0 Å². The van der Waals surface area contributed by atoms with E-state index in [0.717, 1.165) is 36.2 Å². The number of hydrogen-bond acceptors (Lipinski definition) is 4. The zero-order valence-electron chi connectivity index (χ0n) is 15.1. The van der Waals surface area contributed by atoms with Crippen LogP contribution in [0.5, 0.6) is 0 Å². The van der Waals surface area contributed by atoms with Gasteiger partial charge in [-0.25, -0.2) is 8.42 Å². The second kappa shape index (κ2) is 7.77. The first-order chi connectivity index (χ1) is 13.5. The van der Waals surface area contributed by atoms with Gasteiger partial charge in [0.1, 0.15) is 4.21 Å². The lowest BCUT2D eigenvalue weighted by Crippen LogP contribution is -2.31. The first-order valence-electron chi connectivity index (χ1n) is 9.08. The first kappa shape index (κ1) is 18.7. The minimum absolute atomic E-state index is 0.0242. The Hall–Kier alpha value is -2.64. The van der Waals surface area contributed by atoms with Crippen LogP contribution < -0.4 is 10.0 Å². The number of fused-ring (bicyclic) bond motifs is 1. The molecule has 0 saturated carbocycles. The molecule has 0 fully saturated rings. The van der Waals surface area contributed by atoms with Crippen LogP contribution in [0.2, 0.25) is 0 Å². The molecule has 0 saturated heterocycles. The molecule has 1 heterocycles. The molecule has 0 bridgehead atoms. The lowest BCUT2D eigenvalue weighted by atomic mass is 9.87. The standard InChI is InChI=1S/C21H20N2O3S2/c24-21(22-19-11-4-7-15-6-1-2-10-18(15)19)16-8-3-9-17(14-16)23-28(25,26)20-12-5-13-27-20/h1-3,5-6,8-10,12-14,19,23H,4,7,11H2,(H,22,24)/t19-/m0/s1. The van der Waals surface area contributed by atoms with E-state index in [1.165, 1.54) is 5.56 Å². The van der Waals surface area contributed by atoms with Gasteiger partial charge in [0, 0.05) is 11.3 Å². The highest BCUT2D eigenvalue weighted by Gasteiger charge is 2.22. The van der Waals surface area contributed by atoms with Gasteiger partial charge in [-0.15, -0.1) is 11.3 Å². The number of carbonyl (C=O) groups is 1. The Bertz CT molecular complexity index is 1090. The number of sulfonamides is 1. The van der Waals surface area contributed by atoms with Gasteiger partial charge in [-0.1, -0.05) is 36.4 Å². The largest absolute Gasteiger partial charge is 0.345 e. The maximum absolute atomic E-state index is 12.8. The van der Waals surface area contributed by atoms with Gasteiger partial charge in [-0.3, -0.25) is 9.52 Å². The summed E-state index contributed by atoms with van der Waals surface area (Å²) in [4.78, 5) is 12.8. The average molecular weight is 413 g/mol. The van der Waals surface area contributed by atoms with Crippen LogP contribution in [0.3, 0.4) is 0 Å². The predicted molar refractivity (Wildman–Crippen MR) is 111 cm³/mol. The number of hydrogen-bond donors (Lipinski definition) is 2. The molecule has 2 aromatic carbocycles. The van der Waals surface area contributed by atoms with Crippen LogP contribution in [0, 0.1) is 0 Å². The summed E-state index contributed by atoms with van der Waals surface area (Å²) < 4.78 is 27.6. The highest BCUT2D eigenvalue weighted by molar-refractivity contribution is 7.94. The van der Waals surface area contributed by atoms with Gasteiger partial charge in [0.2, 0.25) is 0 Å². The maximum atomic E-state index is 12.8. The summed E-state index contributed by atoms with van der Waals surface area (Å²) in [5.74, 6) is -0.209. The Morgan fingerprint density at radius 3 is 2.71 bits per heavy atom. The number of rotatable bonds is 5. The molecule has 1 amide bonds. The van der Waals surface area contributed by atoms with Crippen LogP contribution in [0.25, 0.3) is 0 Å². The third-order valence-electron chi connectivity index (χ3n) is 4.81.